The van der Waals surface area contributed by atoms with Crippen molar-refractivity contribution >= 4 is 21.4 Å². The molecule has 1 aromatic heterocycles. The predicted molar refractivity (Wildman–Crippen MR) is 55.7 cm³/mol. The summed E-state index contributed by atoms with van der Waals surface area (Å²) < 4.78 is 1.38. The molecule has 0 radical (unpaired) electrons. The van der Waals surface area contributed by atoms with E-state index >= 15 is 0 Å². The molecule has 2 rings (SSSR count). The Balaban J connectivity index is 2.91. The average Bonchev–Trinajstić information content (AvgIpc) is 2.12. The van der Waals surface area contributed by atoms with Crippen LogP contribution >= 0.6 is 11.3 Å². The largest absolute Gasteiger partial charge is 0.238 e. The fraction of sp³-hybridized carbons (Fsp3) is 0.182. The van der Waals surface area contributed by atoms with Crippen molar-refractivity contribution in [3.05, 3.63) is 40.8 Å². The van der Waals surface area contributed by atoms with Gasteiger partial charge in [0.05, 0.1) is 0 Å². The highest BCUT2D eigenvalue weighted by Gasteiger charge is 2.07. The van der Waals surface area contributed by atoms with Gasteiger partial charge in [-0.15, -0.1) is 0 Å². The maximum atomic E-state index is 2.22. The second kappa shape index (κ2) is 2.83. The Kier molecular flexibility index (Phi) is 1.81. The maximum Gasteiger partial charge on any atom is 0.238 e. The number of aryl methyl sites for hydroxylation is 2. The molecule has 0 N–H and O–H groups in total. The van der Waals surface area contributed by atoms with Crippen LogP contribution in [0.15, 0.2) is 29.6 Å². The molecule has 0 aliphatic carbocycles. The molecule has 60 valence electrons. The molecular weight excluding hydrogens is 164 g/mol. The quantitative estimate of drug-likeness (QED) is 0.534. The van der Waals surface area contributed by atoms with Crippen LogP contribution < -0.4 is 0 Å². The van der Waals surface area contributed by atoms with Gasteiger partial charge < -0.3 is 0 Å². The van der Waals surface area contributed by atoms with Crippen molar-refractivity contribution in [1.29, 1.82) is 0 Å². The zero-order chi connectivity index (χ0) is 8.55. The van der Waals surface area contributed by atoms with E-state index in [0.717, 1.165) is 0 Å². The Hall–Kier alpha value is -0.950. The molecule has 0 atom stereocenters. The highest BCUT2D eigenvalue weighted by Crippen LogP contribution is 2.24. The van der Waals surface area contributed by atoms with Crippen molar-refractivity contribution in [2.24, 2.45) is 0 Å². The van der Waals surface area contributed by atoms with Gasteiger partial charge >= 0.3 is 0 Å². The number of rotatable bonds is 0. The molecule has 0 aliphatic heterocycles. The van der Waals surface area contributed by atoms with E-state index in [-0.39, 0.29) is 0 Å². The minimum Gasteiger partial charge on any atom is -0.0613 e. The molecule has 0 unspecified atom stereocenters. The molecule has 0 aliphatic rings. The predicted octanol–water partition coefficient (Wildman–Crippen LogP) is 3.80. The van der Waals surface area contributed by atoms with Gasteiger partial charge in [0, 0.05) is 17.0 Å². The van der Waals surface area contributed by atoms with Crippen LogP contribution in [0.5, 0.6) is 0 Å². The van der Waals surface area contributed by atoms with E-state index in [1.807, 2.05) is 11.3 Å². The Bertz CT molecular complexity index is 418. The van der Waals surface area contributed by atoms with Crippen LogP contribution in [-0.2, 0) is 0 Å². The summed E-state index contributed by atoms with van der Waals surface area (Å²) in [5.74, 6) is 0. The van der Waals surface area contributed by atoms with Gasteiger partial charge in [0.15, 0.2) is 5.38 Å². The second-order valence-electron chi connectivity index (χ2n) is 3.04. The summed E-state index contributed by atoms with van der Waals surface area (Å²) in [6.07, 6.45) is 0. The highest BCUT2D eigenvalue weighted by molar-refractivity contribution is 7.16. The summed E-state index contributed by atoms with van der Waals surface area (Å²) in [4.78, 5) is 0. The van der Waals surface area contributed by atoms with Crippen molar-refractivity contribution in [3.63, 3.8) is 0 Å². The van der Waals surface area contributed by atoms with Crippen LogP contribution in [0, 0.1) is 13.8 Å². The SMILES string of the molecule is Cc1c[s+]c2ccccc2c1C. The van der Waals surface area contributed by atoms with E-state index in [2.05, 4.69) is 43.5 Å². The third-order valence-electron chi connectivity index (χ3n) is 2.25. The molecule has 0 saturated heterocycles. The van der Waals surface area contributed by atoms with Crippen molar-refractivity contribution in [2.45, 2.75) is 13.8 Å². The summed E-state index contributed by atoms with van der Waals surface area (Å²) in [5.41, 5.74) is 2.79. The van der Waals surface area contributed by atoms with Gasteiger partial charge in [0.2, 0.25) is 16.0 Å². The first-order valence-electron chi connectivity index (χ1n) is 4.06. The minimum atomic E-state index is 1.38. The zero-order valence-electron chi connectivity index (χ0n) is 7.29. The van der Waals surface area contributed by atoms with Gasteiger partial charge in [-0.3, -0.25) is 0 Å². The van der Waals surface area contributed by atoms with Gasteiger partial charge in [0.25, 0.3) is 0 Å². The fourth-order valence-electron chi connectivity index (χ4n) is 1.33. The summed E-state index contributed by atoms with van der Waals surface area (Å²) in [6.45, 7) is 4.35. The van der Waals surface area contributed by atoms with Gasteiger partial charge in [-0.2, -0.15) is 0 Å². The van der Waals surface area contributed by atoms with Crippen LogP contribution in [0.25, 0.3) is 10.1 Å². The van der Waals surface area contributed by atoms with E-state index in [4.69, 9.17) is 0 Å². The van der Waals surface area contributed by atoms with Crippen LogP contribution in [0.3, 0.4) is 0 Å². The number of benzene rings is 1. The van der Waals surface area contributed by atoms with Crippen LogP contribution in [-0.4, -0.2) is 0 Å². The molecule has 1 heteroatoms. The molecule has 0 fully saturated rings. The molecule has 0 spiro atoms. The standard InChI is InChI=1S/C11H11S/c1-8-7-12-11-6-4-3-5-10(11)9(8)2/h3-7H,1-2H3/q+1. The molecule has 0 saturated carbocycles. The van der Waals surface area contributed by atoms with Gasteiger partial charge in [0.1, 0.15) is 0 Å². The Labute approximate surface area is 76.5 Å². The van der Waals surface area contributed by atoms with Crippen LogP contribution in [0.2, 0.25) is 0 Å². The summed E-state index contributed by atoms with van der Waals surface area (Å²) in [5, 5.41) is 3.61. The van der Waals surface area contributed by atoms with Crippen LogP contribution in [0.4, 0.5) is 0 Å². The van der Waals surface area contributed by atoms with Gasteiger partial charge in [-0.25, -0.2) is 0 Å². The molecule has 0 bridgehead atoms. The molecular formula is C11H11S+. The molecule has 0 nitrogen and oxygen atoms in total. The summed E-state index contributed by atoms with van der Waals surface area (Å²) in [6, 6.07) is 8.55. The summed E-state index contributed by atoms with van der Waals surface area (Å²) in [7, 11) is 0. The Morgan fingerprint density at radius 2 is 1.83 bits per heavy atom. The molecule has 0 amide bonds. The average molecular weight is 175 g/mol. The number of fused-ring (bicyclic) bond motifs is 1. The smallest absolute Gasteiger partial charge is 0.0613 e. The second-order valence-corrected chi connectivity index (χ2v) is 3.95. The molecule has 2 aromatic rings. The van der Waals surface area contributed by atoms with Gasteiger partial charge in [-0.05, 0) is 25.5 Å². The van der Waals surface area contributed by atoms with E-state index < -0.39 is 0 Å². The first-order chi connectivity index (χ1) is 5.79. The maximum absolute atomic E-state index is 2.22. The van der Waals surface area contributed by atoms with E-state index in [9.17, 15) is 0 Å². The van der Waals surface area contributed by atoms with Gasteiger partial charge in [-0.1, -0.05) is 12.1 Å². The van der Waals surface area contributed by atoms with Crippen LogP contribution in [0.1, 0.15) is 11.1 Å². The molecule has 1 aromatic carbocycles. The monoisotopic (exact) mass is 175 g/mol. The lowest BCUT2D eigenvalue weighted by Gasteiger charge is -1.96. The highest BCUT2D eigenvalue weighted by atomic mass is 32.1. The third-order valence-corrected chi connectivity index (χ3v) is 3.33. The van der Waals surface area contributed by atoms with E-state index in [0.29, 0.717) is 0 Å². The first-order valence-corrected chi connectivity index (χ1v) is 4.94. The van der Waals surface area contributed by atoms with E-state index in [1.165, 1.54) is 21.2 Å². The fourth-order valence-corrected chi connectivity index (χ4v) is 2.32. The normalized spacial score (nSPS) is 10.5. The Morgan fingerprint density at radius 1 is 1.08 bits per heavy atom. The minimum absolute atomic E-state index is 1.38. The number of hydrogen-bond acceptors (Lipinski definition) is 0. The van der Waals surface area contributed by atoms with Crippen molar-refractivity contribution < 1.29 is 0 Å². The Morgan fingerprint density at radius 3 is 2.67 bits per heavy atom. The topological polar surface area (TPSA) is 0 Å². The lowest BCUT2D eigenvalue weighted by Crippen LogP contribution is -1.80. The van der Waals surface area contributed by atoms with Crippen molar-refractivity contribution in [3.8, 4) is 0 Å². The molecule has 1 heterocycles. The molecule has 12 heavy (non-hydrogen) atoms. The van der Waals surface area contributed by atoms with Crippen molar-refractivity contribution in [2.75, 3.05) is 0 Å². The summed E-state index contributed by atoms with van der Waals surface area (Å²) >= 11 is 1.82. The lowest BCUT2D eigenvalue weighted by molar-refractivity contribution is 1.40. The third kappa shape index (κ3) is 1.10. The number of hydrogen-bond donors (Lipinski definition) is 0. The van der Waals surface area contributed by atoms with E-state index in [1.54, 1.807) is 0 Å². The zero-order valence-corrected chi connectivity index (χ0v) is 8.11. The lowest BCUT2D eigenvalue weighted by atomic mass is 10.1. The van der Waals surface area contributed by atoms with Crippen molar-refractivity contribution in [1.82, 2.24) is 0 Å². The first kappa shape index (κ1) is 7.69.